The van der Waals surface area contributed by atoms with E-state index in [9.17, 15) is 32.3 Å². The number of nitrogens with zero attached hydrogens (tertiary/aromatic N) is 1. The molecule has 1 aliphatic heterocycles. The molecule has 12 heteroatoms. The monoisotopic (exact) mass is 533 g/mol. The molecule has 4 amide bonds. The molecule has 0 bridgehead atoms. The first-order valence-electron chi connectivity index (χ1n) is 12.3. The van der Waals surface area contributed by atoms with Crippen LogP contribution in [0.15, 0.2) is 4.99 Å². The molecule has 4 N–H and O–H groups in total. The van der Waals surface area contributed by atoms with Crippen LogP contribution in [0.1, 0.15) is 74.7 Å². The zero-order valence-corrected chi connectivity index (χ0v) is 23.1. The average molecular weight is 534 g/mol. The maximum Gasteiger partial charge on any atom is 0.471 e. The predicted octanol–water partition coefficient (Wildman–Crippen LogP) is 2.49. The summed E-state index contributed by atoms with van der Waals surface area (Å²) in [5.41, 5.74) is -1.89. The van der Waals surface area contributed by atoms with Gasteiger partial charge in [-0.2, -0.15) is 13.2 Å². The zero-order chi connectivity index (χ0) is 29.0. The van der Waals surface area contributed by atoms with Crippen molar-refractivity contribution in [2.75, 3.05) is 6.54 Å². The maximum absolute atomic E-state index is 13.3. The highest BCUT2D eigenvalue weighted by atomic mass is 19.4. The van der Waals surface area contributed by atoms with Crippen LogP contribution in [0.4, 0.5) is 13.2 Å². The van der Waals surface area contributed by atoms with Gasteiger partial charge in [0.05, 0.1) is 6.54 Å². The molecule has 1 saturated heterocycles. The standard InChI is InChI=1S/C25H42F3N5O4/c1-22(2,3)12-16(31-20(36)17(23(4,5)6)32-21(37)25(26,27)28)19(35)30-15(13-29-9)10-14-11-24(7,8)33-18(14)34/h14-17H,9-13H2,1-8H3,(H,30,35)(H,31,36)(H,32,37)(H,33,34)/t14-,15+,16+,17-/m1/s1. The Labute approximate surface area is 217 Å². The smallest absolute Gasteiger partial charge is 0.351 e. The van der Waals surface area contributed by atoms with Gasteiger partial charge in [-0.3, -0.25) is 24.2 Å². The van der Waals surface area contributed by atoms with Crippen LogP contribution < -0.4 is 21.3 Å². The Hall–Kier alpha value is -2.66. The van der Waals surface area contributed by atoms with E-state index >= 15 is 0 Å². The number of aliphatic imine (C=N–C) groups is 1. The van der Waals surface area contributed by atoms with E-state index in [0.717, 1.165) is 0 Å². The number of carbonyl (C=O) groups is 4. The highest BCUT2D eigenvalue weighted by Crippen LogP contribution is 2.28. The number of alkyl halides is 3. The molecule has 9 nitrogen and oxygen atoms in total. The Kier molecular flexibility index (Phi) is 10.3. The molecule has 0 saturated carbocycles. The van der Waals surface area contributed by atoms with Gasteiger partial charge in [0, 0.05) is 17.5 Å². The second-order valence-corrected chi connectivity index (χ2v) is 12.7. The summed E-state index contributed by atoms with van der Waals surface area (Å²) in [6.07, 6.45) is -4.12. The molecule has 0 aromatic carbocycles. The minimum Gasteiger partial charge on any atom is -0.351 e. The molecule has 37 heavy (non-hydrogen) atoms. The first kappa shape index (κ1) is 32.4. The predicted molar refractivity (Wildman–Crippen MR) is 135 cm³/mol. The Morgan fingerprint density at radius 2 is 1.62 bits per heavy atom. The second-order valence-electron chi connectivity index (χ2n) is 12.7. The minimum atomic E-state index is -5.17. The summed E-state index contributed by atoms with van der Waals surface area (Å²) in [5.74, 6) is -4.19. The molecule has 0 spiro atoms. The number of amides is 4. The fourth-order valence-electron chi connectivity index (χ4n) is 4.33. The average Bonchev–Trinajstić information content (AvgIpc) is 2.93. The lowest BCUT2D eigenvalue weighted by Crippen LogP contribution is -2.60. The van der Waals surface area contributed by atoms with Crippen molar-refractivity contribution >= 4 is 30.3 Å². The SMILES string of the molecule is C=NC[C@H](C[C@@H]1CC(C)(C)NC1=O)NC(=O)[C@H](CC(C)(C)C)NC(=O)[C@@H](NC(=O)C(F)(F)F)C(C)(C)C. The molecule has 1 rings (SSSR count). The van der Waals surface area contributed by atoms with E-state index < -0.39 is 52.9 Å². The van der Waals surface area contributed by atoms with Crippen molar-refractivity contribution in [2.24, 2.45) is 21.7 Å². The van der Waals surface area contributed by atoms with Crippen molar-refractivity contribution in [3.8, 4) is 0 Å². The lowest BCUT2D eigenvalue weighted by Gasteiger charge is -2.33. The fraction of sp³-hybridized carbons (Fsp3) is 0.800. The van der Waals surface area contributed by atoms with Crippen LogP contribution in [-0.2, 0) is 19.2 Å². The van der Waals surface area contributed by atoms with Gasteiger partial charge < -0.3 is 21.3 Å². The summed E-state index contributed by atoms with van der Waals surface area (Å²) in [4.78, 5) is 54.2. The lowest BCUT2D eigenvalue weighted by atomic mass is 9.84. The number of hydrogen-bond donors (Lipinski definition) is 4. The van der Waals surface area contributed by atoms with E-state index in [1.165, 1.54) is 20.8 Å². The molecule has 0 radical (unpaired) electrons. The summed E-state index contributed by atoms with van der Waals surface area (Å²) >= 11 is 0. The molecule has 4 atom stereocenters. The number of halogens is 3. The molecule has 0 aromatic rings. The van der Waals surface area contributed by atoms with E-state index in [1.807, 2.05) is 34.6 Å². The Bertz CT molecular complexity index is 875. The molecule has 0 aromatic heterocycles. The van der Waals surface area contributed by atoms with Crippen molar-refractivity contribution in [1.82, 2.24) is 21.3 Å². The third kappa shape index (κ3) is 10.7. The van der Waals surface area contributed by atoms with Crippen LogP contribution in [0.25, 0.3) is 0 Å². The molecule has 1 aliphatic rings. The fourth-order valence-corrected chi connectivity index (χ4v) is 4.33. The Morgan fingerprint density at radius 1 is 1.05 bits per heavy atom. The molecule has 1 heterocycles. The molecule has 0 unspecified atom stereocenters. The largest absolute Gasteiger partial charge is 0.471 e. The zero-order valence-electron chi connectivity index (χ0n) is 23.1. The highest BCUT2D eigenvalue weighted by Gasteiger charge is 2.44. The Balaban J connectivity index is 3.11. The van der Waals surface area contributed by atoms with Gasteiger partial charge in [0.2, 0.25) is 17.7 Å². The maximum atomic E-state index is 13.3. The van der Waals surface area contributed by atoms with Crippen LogP contribution in [0.3, 0.4) is 0 Å². The number of carbonyl (C=O) groups excluding carboxylic acids is 4. The van der Waals surface area contributed by atoms with Crippen molar-refractivity contribution in [1.29, 1.82) is 0 Å². The summed E-state index contributed by atoms with van der Waals surface area (Å²) in [6, 6.07) is -3.20. The van der Waals surface area contributed by atoms with Crippen LogP contribution in [-0.4, -0.2) is 66.7 Å². The van der Waals surface area contributed by atoms with Gasteiger partial charge in [-0.25, -0.2) is 0 Å². The third-order valence-electron chi connectivity index (χ3n) is 5.96. The van der Waals surface area contributed by atoms with Crippen LogP contribution >= 0.6 is 0 Å². The number of rotatable bonds is 10. The lowest BCUT2D eigenvalue weighted by molar-refractivity contribution is -0.175. The van der Waals surface area contributed by atoms with Crippen molar-refractivity contribution in [3.05, 3.63) is 0 Å². The van der Waals surface area contributed by atoms with E-state index in [4.69, 9.17) is 0 Å². The first-order chi connectivity index (χ1) is 16.6. The third-order valence-corrected chi connectivity index (χ3v) is 5.96. The van der Waals surface area contributed by atoms with Gasteiger partial charge in [-0.15, -0.1) is 0 Å². The summed E-state index contributed by atoms with van der Waals surface area (Å²) in [7, 11) is 0. The van der Waals surface area contributed by atoms with Crippen molar-refractivity contribution in [2.45, 2.75) is 104 Å². The molecule has 212 valence electrons. The minimum absolute atomic E-state index is 0.124. The van der Waals surface area contributed by atoms with Crippen molar-refractivity contribution in [3.63, 3.8) is 0 Å². The summed E-state index contributed by atoms with van der Waals surface area (Å²) in [5, 5.41) is 10.0. The van der Waals surface area contributed by atoms with E-state index in [2.05, 4.69) is 27.7 Å². The first-order valence-corrected chi connectivity index (χ1v) is 12.3. The van der Waals surface area contributed by atoms with Crippen molar-refractivity contribution < 1.29 is 32.3 Å². The number of hydrogen-bond acceptors (Lipinski definition) is 5. The van der Waals surface area contributed by atoms with Gasteiger partial charge in [0.25, 0.3) is 0 Å². The highest BCUT2D eigenvalue weighted by molar-refractivity contribution is 5.93. The summed E-state index contributed by atoms with van der Waals surface area (Å²) in [6.45, 7) is 17.5. The normalized spacial score (nSPS) is 20.3. The molecule has 0 aliphatic carbocycles. The topological polar surface area (TPSA) is 129 Å². The summed E-state index contributed by atoms with van der Waals surface area (Å²) < 4.78 is 38.6. The van der Waals surface area contributed by atoms with E-state index in [1.54, 1.807) is 5.32 Å². The van der Waals surface area contributed by atoms with Gasteiger partial charge in [-0.05, 0) is 50.7 Å². The molecular formula is C25H42F3N5O4. The van der Waals surface area contributed by atoms with Crippen LogP contribution in [0.2, 0.25) is 0 Å². The van der Waals surface area contributed by atoms with E-state index in [-0.39, 0.29) is 30.3 Å². The van der Waals surface area contributed by atoms with Crippen LogP contribution in [0, 0.1) is 16.7 Å². The Morgan fingerprint density at radius 3 is 2.03 bits per heavy atom. The second kappa shape index (κ2) is 11.8. The van der Waals surface area contributed by atoms with Gasteiger partial charge in [0.1, 0.15) is 12.1 Å². The van der Waals surface area contributed by atoms with Gasteiger partial charge in [-0.1, -0.05) is 41.5 Å². The molecular weight excluding hydrogens is 491 g/mol. The van der Waals surface area contributed by atoms with Crippen LogP contribution in [0.5, 0.6) is 0 Å². The number of nitrogens with one attached hydrogen (secondary N) is 4. The quantitative estimate of drug-likeness (QED) is 0.322. The van der Waals surface area contributed by atoms with E-state index in [0.29, 0.717) is 12.8 Å². The van der Waals surface area contributed by atoms with Gasteiger partial charge in [0.15, 0.2) is 0 Å². The van der Waals surface area contributed by atoms with Gasteiger partial charge >= 0.3 is 12.1 Å². The molecule has 1 fully saturated rings.